The maximum Gasteiger partial charge on any atom is 0.244 e. The van der Waals surface area contributed by atoms with Crippen LogP contribution in [0.15, 0.2) is 0 Å². The van der Waals surface area contributed by atoms with Crippen LogP contribution < -0.4 is 5.32 Å². The molecule has 3 amide bonds. The molecule has 2 rings (SSSR count). The lowest BCUT2D eigenvalue weighted by Crippen LogP contribution is -2.50. The number of carbonyl (C=O) groups excluding carboxylic acids is 3. The zero-order chi connectivity index (χ0) is 17.0. The van der Waals surface area contributed by atoms with Gasteiger partial charge in [-0.2, -0.15) is 0 Å². The van der Waals surface area contributed by atoms with Crippen LogP contribution in [0.2, 0.25) is 0 Å². The fraction of sp³-hybridized carbons (Fsp3) is 0.812. The van der Waals surface area contributed by atoms with Crippen molar-refractivity contribution in [1.29, 1.82) is 0 Å². The van der Waals surface area contributed by atoms with Crippen LogP contribution in [0.5, 0.6) is 0 Å². The first-order chi connectivity index (χ1) is 10.8. The third kappa shape index (κ3) is 5.12. The summed E-state index contributed by atoms with van der Waals surface area (Å²) in [5.41, 5.74) is -0.100. The summed E-state index contributed by atoms with van der Waals surface area (Å²) in [6.07, 6.45) is 2.49. The highest BCUT2D eigenvalue weighted by Gasteiger charge is 2.36. The smallest absolute Gasteiger partial charge is 0.244 e. The minimum Gasteiger partial charge on any atom is -0.345 e. The number of hydrogen-bond donors (Lipinski definition) is 1. The molecule has 0 bridgehead atoms. The summed E-state index contributed by atoms with van der Waals surface area (Å²) in [7, 11) is 0. The highest BCUT2D eigenvalue weighted by atomic mass is 32.2. The summed E-state index contributed by atoms with van der Waals surface area (Å²) < 4.78 is 0. The molecule has 0 unspecified atom stereocenters. The van der Waals surface area contributed by atoms with Crippen molar-refractivity contribution in [3.05, 3.63) is 0 Å². The molecule has 0 aromatic heterocycles. The molecular weight excluding hydrogens is 314 g/mol. The van der Waals surface area contributed by atoms with E-state index in [0.29, 0.717) is 18.1 Å². The maximum atomic E-state index is 12.4. The van der Waals surface area contributed by atoms with Gasteiger partial charge in [0.1, 0.15) is 6.04 Å². The second-order valence-corrected chi connectivity index (χ2v) is 8.42. The van der Waals surface area contributed by atoms with E-state index in [1.54, 1.807) is 21.6 Å². The van der Waals surface area contributed by atoms with Crippen molar-refractivity contribution in [3.63, 3.8) is 0 Å². The monoisotopic (exact) mass is 341 g/mol. The van der Waals surface area contributed by atoms with Crippen LogP contribution in [0.3, 0.4) is 0 Å². The summed E-state index contributed by atoms with van der Waals surface area (Å²) >= 11 is 1.58. The molecule has 7 heteroatoms. The molecule has 0 aromatic carbocycles. The molecule has 2 fully saturated rings. The summed E-state index contributed by atoms with van der Waals surface area (Å²) in [5.74, 6) is 0.902. The average Bonchev–Trinajstić information content (AvgIpc) is 3.12. The molecular formula is C16H27N3O3S. The van der Waals surface area contributed by atoms with Crippen molar-refractivity contribution < 1.29 is 14.4 Å². The van der Waals surface area contributed by atoms with Gasteiger partial charge in [0, 0.05) is 25.3 Å². The van der Waals surface area contributed by atoms with Gasteiger partial charge < -0.3 is 15.1 Å². The van der Waals surface area contributed by atoms with Gasteiger partial charge in [-0.15, -0.1) is 11.8 Å². The number of nitrogens with zero attached hydrogens (tertiary/aromatic N) is 2. The van der Waals surface area contributed by atoms with E-state index in [0.717, 1.165) is 25.9 Å². The summed E-state index contributed by atoms with van der Waals surface area (Å²) in [5, 5.41) is 2.71. The Morgan fingerprint density at radius 3 is 2.39 bits per heavy atom. The van der Waals surface area contributed by atoms with Crippen molar-refractivity contribution in [2.24, 2.45) is 5.41 Å². The predicted octanol–water partition coefficient (Wildman–Crippen LogP) is 1.06. The number of rotatable bonds is 4. The van der Waals surface area contributed by atoms with E-state index in [4.69, 9.17) is 0 Å². The Hall–Kier alpha value is -1.24. The lowest BCUT2D eigenvalue weighted by Gasteiger charge is -2.27. The molecule has 0 spiro atoms. The number of hydrogen-bond acceptors (Lipinski definition) is 4. The number of likely N-dealkylation sites (tertiary alicyclic amines) is 1. The van der Waals surface area contributed by atoms with E-state index >= 15 is 0 Å². The van der Waals surface area contributed by atoms with E-state index < -0.39 is 6.04 Å². The third-order valence-corrected chi connectivity index (χ3v) is 5.07. The lowest BCUT2D eigenvalue weighted by atomic mass is 9.91. The van der Waals surface area contributed by atoms with Crippen LogP contribution in [-0.2, 0) is 14.4 Å². The Morgan fingerprint density at radius 2 is 1.78 bits per heavy atom. The summed E-state index contributed by atoms with van der Waals surface area (Å²) in [6, 6.07) is -0.457. The van der Waals surface area contributed by atoms with Crippen molar-refractivity contribution in [3.8, 4) is 0 Å². The Morgan fingerprint density at radius 1 is 1.13 bits per heavy atom. The molecule has 0 radical (unpaired) electrons. The van der Waals surface area contributed by atoms with Crippen LogP contribution in [-0.4, -0.2) is 64.8 Å². The molecule has 1 N–H and O–H groups in total. The van der Waals surface area contributed by atoms with E-state index in [2.05, 4.69) is 5.32 Å². The Balaban J connectivity index is 1.85. The average molecular weight is 341 g/mol. The number of nitrogens with one attached hydrogen (secondary N) is 1. The first kappa shape index (κ1) is 18.1. The molecule has 0 aliphatic carbocycles. The normalized spacial score (nSPS) is 21.6. The van der Waals surface area contributed by atoms with Gasteiger partial charge in [0.15, 0.2) is 0 Å². The first-order valence-corrected chi connectivity index (χ1v) is 9.36. The Bertz CT molecular complexity index is 470. The standard InChI is InChI=1S/C16H27N3O3S/c1-16(2,3)8-13(20)19-11-23-10-12(19)15(22)17-9-14(21)18-6-4-5-7-18/h12H,4-11H2,1-3H3,(H,17,22)/t12-/m1/s1. The van der Waals surface area contributed by atoms with Crippen molar-refractivity contribution in [1.82, 2.24) is 15.1 Å². The second kappa shape index (κ2) is 7.55. The minimum absolute atomic E-state index is 0.00789. The van der Waals surface area contributed by atoms with Gasteiger partial charge in [-0.3, -0.25) is 14.4 Å². The molecule has 6 nitrogen and oxygen atoms in total. The molecule has 0 aromatic rings. The van der Waals surface area contributed by atoms with E-state index in [1.165, 1.54) is 0 Å². The predicted molar refractivity (Wildman–Crippen MR) is 90.9 cm³/mol. The van der Waals surface area contributed by atoms with Gasteiger partial charge >= 0.3 is 0 Å². The van der Waals surface area contributed by atoms with Crippen molar-refractivity contribution in [2.75, 3.05) is 31.3 Å². The van der Waals surface area contributed by atoms with E-state index in [9.17, 15) is 14.4 Å². The topological polar surface area (TPSA) is 69.7 Å². The zero-order valence-corrected chi connectivity index (χ0v) is 15.1. The second-order valence-electron chi connectivity index (χ2n) is 7.42. The van der Waals surface area contributed by atoms with Gasteiger partial charge in [-0.05, 0) is 18.3 Å². The molecule has 23 heavy (non-hydrogen) atoms. The summed E-state index contributed by atoms with van der Waals surface area (Å²) in [6.45, 7) is 7.63. The van der Waals surface area contributed by atoms with Crippen LogP contribution in [0.4, 0.5) is 0 Å². The largest absolute Gasteiger partial charge is 0.345 e. The lowest BCUT2D eigenvalue weighted by molar-refractivity contribution is -0.140. The number of carbonyl (C=O) groups is 3. The van der Waals surface area contributed by atoms with Crippen LogP contribution in [0.25, 0.3) is 0 Å². The molecule has 2 saturated heterocycles. The zero-order valence-electron chi connectivity index (χ0n) is 14.3. The van der Waals surface area contributed by atoms with Gasteiger partial charge in [0.05, 0.1) is 12.4 Å². The quantitative estimate of drug-likeness (QED) is 0.830. The highest BCUT2D eigenvalue weighted by molar-refractivity contribution is 7.99. The molecule has 2 aliphatic rings. The van der Waals surface area contributed by atoms with E-state index in [1.807, 2.05) is 20.8 Å². The van der Waals surface area contributed by atoms with Crippen molar-refractivity contribution >= 4 is 29.5 Å². The fourth-order valence-electron chi connectivity index (χ4n) is 2.82. The third-order valence-electron chi connectivity index (χ3n) is 4.06. The highest BCUT2D eigenvalue weighted by Crippen LogP contribution is 2.26. The minimum atomic E-state index is -0.457. The van der Waals surface area contributed by atoms with Crippen LogP contribution in [0, 0.1) is 5.41 Å². The first-order valence-electron chi connectivity index (χ1n) is 8.20. The van der Waals surface area contributed by atoms with Gasteiger partial charge in [0.25, 0.3) is 0 Å². The van der Waals surface area contributed by atoms with Crippen LogP contribution >= 0.6 is 11.8 Å². The van der Waals surface area contributed by atoms with E-state index in [-0.39, 0.29) is 29.7 Å². The maximum absolute atomic E-state index is 12.4. The van der Waals surface area contributed by atoms with Crippen molar-refractivity contribution in [2.45, 2.75) is 46.1 Å². The van der Waals surface area contributed by atoms with Crippen LogP contribution in [0.1, 0.15) is 40.0 Å². The number of thioether (sulfide) groups is 1. The number of amides is 3. The molecule has 0 saturated carbocycles. The van der Waals surface area contributed by atoms with Gasteiger partial charge in [-0.1, -0.05) is 20.8 Å². The molecule has 2 aliphatic heterocycles. The molecule has 2 heterocycles. The van der Waals surface area contributed by atoms with Gasteiger partial charge in [-0.25, -0.2) is 0 Å². The summed E-state index contributed by atoms with van der Waals surface area (Å²) in [4.78, 5) is 40.2. The Kier molecular flexibility index (Phi) is 5.95. The molecule has 1 atom stereocenters. The fourth-order valence-corrected chi connectivity index (χ4v) is 4.00. The molecule has 130 valence electrons. The van der Waals surface area contributed by atoms with Gasteiger partial charge in [0.2, 0.25) is 17.7 Å². The Labute approximate surface area is 142 Å². The SMILES string of the molecule is CC(C)(C)CC(=O)N1CSC[C@@H]1C(=O)NCC(=O)N1CCCC1.